The summed E-state index contributed by atoms with van der Waals surface area (Å²) in [6.45, 7) is 0. The van der Waals surface area contributed by atoms with E-state index in [-0.39, 0.29) is 0 Å². The van der Waals surface area contributed by atoms with Gasteiger partial charge in [0.15, 0.2) is 0 Å². The third kappa shape index (κ3) is 3.62. The molecule has 1 aliphatic rings. The van der Waals surface area contributed by atoms with Gasteiger partial charge in [0.2, 0.25) is 0 Å². The Kier molecular flexibility index (Phi) is 5.25. The molecule has 2 heteroatoms. The second-order valence-electron chi connectivity index (χ2n) is 2.05. The van der Waals surface area contributed by atoms with Crippen LogP contribution in [0.5, 0.6) is 0 Å². The summed E-state index contributed by atoms with van der Waals surface area (Å²) in [4.78, 5) is 0. The Labute approximate surface area is 72.9 Å². The van der Waals surface area contributed by atoms with Gasteiger partial charge in [-0.25, -0.2) is 0 Å². The third-order valence-corrected chi connectivity index (χ3v) is 8.49. The maximum atomic E-state index is 1.69. The molecule has 0 nitrogen and oxygen atoms in total. The zero-order chi connectivity index (χ0) is 5.66. The predicted octanol–water partition coefficient (Wildman–Crippen LogP) is 1.86. The third-order valence-electron chi connectivity index (χ3n) is 1.26. The molecule has 1 rings (SSSR count). The van der Waals surface area contributed by atoms with Gasteiger partial charge in [-0.2, -0.15) is 0 Å². The summed E-state index contributed by atoms with van der Waals surface area (Å²) in [5.41, 5.74) is 0. The van der Waals surface area contributed by atoms with Crippen molar-refractivity contribution in [2.45, 2.75) is 30.3 Å². The molecule has 0 saturated carbocycles. The maximum absolute atomic E-state index is 1.69. The summed E-state index contributed by atoms with van der Waals surface area (Å²) in [6, 6.07) is 0. The molecule has 0 atom stereocenters. The van der Waals surface area contributed by atoms with Gasteiger partial charge in [-0.15, -0.1) is 0 Å². The molecule has 1 aliphatic heterocycles. The molecule has 1 saturated heterocycles. The molecule has 2 radical (unpaired) electrons. The van der Waals surface area contributed by atoms with Gasteiger partial charge in [-0.1, -0.05) is 0 Å². The Balaban J connectivity index is 2.00. The van der Waals surface area contributed by atoms with Crippen molar-refractivity contribution in [1.29, 1.82) is 0 Å². The fraction of sp³-hybridized carbons (Fsp3) is 1.00. The van der Waals surface area contributed by atoms with Crippen molar-refractivity contribution >= 4 is 43.2 Å². The summed E-state index contributed by atoms with van der Waals surface area (Å²) >= 11 is 0.783. The SMILES string of the molecule is C1[CH2][Sb][CH2]C[CH2][Sb][CH2]1. The molecule has 0 spiro atoms. The Morgan fingerprint density at radius 2 is 1.00 bits per heavy atom. The van der Waals surface area contributed by atoms with E-state index in [0.29, 0.717) is 43.2 Å². The van der Waals surface area contributed by atoms with E-state index in [1.54, 1.807) is 30.3 Å². The summed E-state index contributed by atoms with van der Waals surface area (Å²) < 4.78 is 6.75. The van der Waals surface area contributed by atoms with Crippen LogP contribution >= 0.6 is 0 Å². The van der Waals surface area contributed by atoms with Crippen molar-refractivity contribution in [1.82, 2.24) is 0 Å². The first-order chi connectivity index (χ1) is 4.00. The predicted molar refractivity (Wildman–Crippen MR) is 40.0 cm³/mol. The molecule has 0 aromatic carbocycles. The molecule has 1 fully saturated rings. The van der Waals surface area contributed by atoms with Gasteiger partial charge >= 0.3 is 73.5 Å². The van der Waals surface area contributed by atoms with Crippen molar-refractivity contribution in [3.8, 4) is 0 Å². The van der Waals surface area contributed by atoms with Crippen LogP contribution in [0.3, 0.4) is 0 Å². The minimum absolute atomic E-state index is 0.392. The topological polar surface area (TPSA) is 0 Å². The molecule has 0 aromatic heterocycles. The number of hydrogen-bond acceptors (Lipinski definition) is 0. The Hall–Kier alpha value is 1.64. The fourth-order valence-electron chi connectivity index (χ4n) is 0.812. The second-order valence-corrected chi connectivity index (χ2v) is 9.71. The van der Waals surface area contributed by atoms with E-state index in [4.69, 9.17) is 0 Å². The molecule has 0 amide bonds. The zero-order valence-electron chi connectivity index (χ0n) is 5.14. The summed E-state index contributed by atoms with van der Waals surface area (Å²) in [5.74, 6) is 0. The number of rotatable bonds is 0. The van der Waals surface area contributed by atoms with E-state index in [9.17, 15) is 0 Å². The van der Waals surface area contributed by atoms with Crippen LogP contribution in [0.2, 0.25) is 17.5 Å². The van der Waals surface area contributed by atoms with E-state index in [2.05, 4.69) is 0 Å². The van der Waals surface area contributed by atoms with Crippen LogP contribution < -0.4 is 0 Å². The molecule has 0 N–H and O–H groups in total. The molecular weight excluding hydrogens is 316 g/mol. The summed E-state index contributed by atoms with van der Waals surface area (Å²) in [6.07, 6.45) is 3.27. The van der Waals surface area contributed by atoms with Crippen LogP contribution in [-0.2, 0) is 0 Å². The first-order valence-corrected chi connectivity index (χ1v) is 10.5. The molecule has 0 aliphatic carbocycles. The van der Waals surface area contributed by atoms with Crippen LogP contribution in [0.4, 0.5) is 0 Å². The van der Waals surface area contributed by atoms with E-state index in [0.717, 1.165) is 0 Å². The van der Waals surface area contributed by atoms with Crippen LogP contribution in [0.1, 0.15) is 12.8 Å². The van der Waals surface area contributed by atoms with E-state index in [1.165, 1.54) is 0 Å². The first-order valence-electron chi connectivity index (χ1n) is 3.26. The van der Waals surface area contributed by atoms with Gasteiger partial charge in [0.25, 0.3) is 0 Å². The van der Waals surface area contributed by atoms with E-state index < -0.39 is 0 Å². The van der Waals surface area contributed by atoms with Gasteiger partial charge in [-0.3, -0.25) is 0 Å². The van der Waals surface area contributed by atoms with E-state index >= 15 is 0 Å². The monoisotopic (exact) mass is 326 g/mol. The molecular formula is C6H12Sb2. The van der Waals surface area contributed by atoms with Crippen LogP contribution in [-0.4, -0.2) is 43.2 Å². The number of hydrogen-bond donors (Lipinski definition) is 0. The van der Waals surface area contributed by atoms with Crippen molar-refractivity contribution in [3.63, 3.8) is 0 Å². The molecule has 8 heavy (non-hydrogen) atoms. The van der Waals surface area contributed by atoms with Gasteiger partial charge in [0, 0.05) is 0 Å². The molecule has 1 heterocycles. The first kappa shape index (κ1) is 7.74. The van der Waals surface area contributed by atoms with Crippen molar-refractivity contribution in [2.75, 3.05) is 0 Å². The zero-order valence-corrected chi connectivity index (χ0v) is 10.2. The van der Waals surface area contributed by atoms with Crippen molar-refractivity contribution < 1.29 is 0 Å². The second kappa shape index (κ2) is 5.42. The quantitative estimate of drug-likeness (QED) is 0.596. The van der Waals surface area contributed by atoms with Crippen molar-refractivity contribution in [3.05, 3.63) is 0 Å². The molecule has 0 bridgehead atoms. The standard InChI is InChI=1S/2C3H6.2Sb/c2*1-3-2;;/h2*1-3H2;;. The average molecular weight is 328 g/mol. The van der Waals surface area contributed by atoms with Crippen LogP contribution in [0, 0.1) is 0 Å². The van der Waals surface area contributed by atoms with Crippen LogP contribution in [0.15, 0.2) is 0 Å². The van der Waals surface area contributed by atoms with E-state index in [1.807, 2.05) is 0 Å². The van der Waals surface area contributed by atoms with Gasteiger partial charge in [0.05, 0.1) is 0 Å². The Bertz CT molecular complexity index is 30.5. The average Bonchev–Trinajstić information content (AvgIpc) is 1.62. The Morgan fingerprint density at radius 3 is 1.38 bits per heavy atom. The summed E-state index contributed by atoms with van der Waals surface area (Å²) in [5, 5.41) is 0. The fourth-order valence-corrected chi connectivity index (χ4v) is 10.9. The van der Waals surface area contributed by atoms with Gasteiger partial charge in [-0.05, 0) is 0 Å². The van der Waals surface area contributed by atoms with Gasteiger partial charge in [0.1, 0.15) is 0 Å². The normalized spacial score (nSPS) is 24.0. The van der Waals surface area contributed by atoms with Crippen LogP contribution in [0.25, 0.3) is 0 Å². The molecule has 0 aromatic rings. The Morgan fingerprint density at radius 1 is 0.625 bits per heavy atom. The molecule has 0 unspecified atom stereocenters. The van der Waals surface area contributed by atoms with Gasteiger partial charge < -0.3 is 0 Å². The molecule has 46 valence electrons. The minimum atomic E-state index is 0.392. The summed E-state index contributed by atoms with van der Waals surface area (Å²) in [7, 11) is 0. The van der Waals surface area contributed by atoms with Crippen molar-refractivity contribution in [2.24, 2.45) is 0 Å².